The minimum atomic E-state index is -3.67. The molecule has 0 spiro atoms. The smallest absolute Gasteiger partial charge is 0.261 e. The molecule has 0 saturated heterocycles. The number of nitriles is 1. The van der Waals surface area contributed by atoms with Gasteiger partial charge in [0.2, 0.25) is 0 Å². The van der Waals surface area contributed by atoms with E-state index in [9.17, 15) is 8.42 Å². The lowest BCUT2D eigenvalue weighted by Gasteiger charge is -1.95. The molecule has 0 heterocycles. The van der Waals surface area contributed by atoms with E-state index in [-0.39, 0.29) is 0 Å². The van der Waals surface area contributed by atoms with Crippen LogP contribution in [0.25, 0.3) is 0 Å². The van der Waals surface area contributed by atoms with Crippen LogP contribution in [0, 0.1) is 11.5 Å². The number of hydrogen-bond donors (Lipinski definition) is 2. The van der Waals surface area contributed by atoms with Crippen molar-refractivity contribution in [3.8, 4) is 6.19 Å². The lowest BCUT2D eigenvalue weighted by Crippen LogP contribution is -2.03. The summed E-state index contributed by atoms with van der Waals surface area (Å²) in [7, 11) is -3.67. The lowest BCUT2D eigenvalue weighted by atomic mass is 10.2. The Labute approximate surface area is 89.1 Å². The van der Waals surface area contributed by atoms with Crippen LogP contribution in [0.15, 0.2) is 30.3 Å². The largest absolute Gasteiger partial charge is 0.319 e. The van der Waals surface area contributed by atoms with Gasteiger partial charge in [0.05, 0.1) is 6.26 Å². The first kappa shape index (κ1) is 13.4. The second-order valence-corrected chi connectivity index (χ2v) is 4.15. The van der Waals surface area contributed by atoms with Gasteiger partial charge in [-0.15, -0.1) is 0 Å². The van der Waals surface area contributed by atoms with Crippen LogP contribution in [0.5, 0.6) is 0 Å². The van der Waals surface area contributed by atoms with Crippen molar-refractivity contribution in [3.05, 3.63) is 35.9 Å². The SMILES string of the molecule is CS(=O)(=O)O.N#CNCc1ccccc1. The molecule has 0 saturated carbocycles. The predicted molar refractivity (Wildman–Crippen MR) is 56.4 cm³/mol. The van der Waals surface area contributed by atoms with Gasteiger partial charge >= 0.3 is 0 Å². The zero-order chi connectivity index (χ0) is 11.7. The second-order valence-electron chi connectivity index (χ2n) is 2.68. The number of hydrogen-bond acceptors (Lipinski definition) is 4. The fourth-order valence-electron chi connectivity index (χ4n) is 0.737. The molecule has 6 heteroatoms. The molecule has 5 nitrogen and oxygen atoms in total. The summed E-state index contributed by atoms with van der Waals surface area (Å²) in [6.45, 7) is 0.622. The van der Waals surface area contributed by atoms with Gasteiger partial charge < -0.3 is 5.32 Å². The number of nitrogens with one attached hydrogen (secondary N) is 1. The van der Waals surface area contributed by atoms with Gasteiger partial charge in [-0.2, -0.15) is 13.7 Å². The van der Waals surface area contributed by atoms with Gasteiger partial charge in [0, 0.05) is 6.54 Å². The second kappa shape index (κ2) is 6.81. The summed E-state index contributed by atoms with van der Waals surface area (Å²) < 4.78 is 25.9. The number of benzene rings is 1. The molecule has 0 atom stereocenters. The molecule has 0 aliphatic heterocycles. The Morgan fingerprint density at radius 3 is 2.27 bits per heavy atom. The Balaban J connectivity index is 0.000000336. The first-order chi connectivity index (χ1) is 6.93. The van der Waals surface area contributed by atoms with Crippen molar-refractivity contribution in [1.82, 2.24) is 5.32 Å². The van der Waals surface area contributed by atoms with E-state index in [0.717, 1.165) is 5.56 Å². The van der Waals surface area contributed by atoms with Crippen LogP contribution < -0.4 is 5.32 Å². The highest BCUT2D eigenvalue weighted by molar-refractivity contribution is 7.85. The summed E-state index contributed by atoms with van der Waals surface area (Å²) in [5.41, 5.74) is 1.13. The van der Waals surface area contributed by atoms with Crippen LogP contribution >= 0.6 is 0 Å². The Kier molecular flexibility index (Phi) is 6.09. The summed E-state index contributed by atoms with van der Waals surface area (Å²) in [6, 6.07) is 9.81. The monoisotopic (exact) mass is 228 g/mol. The molecule has 0 fully saturated rings. The Morgan fingerprint density at radius 2 is 1.87 bits per heavy atom. The van der Waals surface area contributed by atoms with Crippen LogP contribution in [0.3, 0.4) is 0 Å². The molecule has 0 aliphatic carbocycles. The normalized spacial score (nSPS) is 9.40. The molecule has 2 N–H and O–H groups in total. The van der Waals surface area contributed by atoms with Crippen LogP contribution in [0.2, 0.25) is 0 Å². The zero-order valence-corrected chi connectivity index (χ0v) is 9.03. The molecule has 0 amide bonds. The first-order valence-corrected chi connectivity index (χ1v) is 5.86. The van der Waals surface area contributed by atoms with E-state index >= 15 is 0 Å². The van der Waals surface area contributed by atoms with E-state index in [4.69, 9.17) is 9.81 Å². The highest BCUT2D eigenvalue weighted by Crippen LogP contribution is 1.95. The molecule has 1 aromatic carbocycles. The van der Waals surface area contributed by atoms with Gasteiger partial charge in [-0.05, 0) is 5.56 Å². The minimum Gasteiger partial charge on any atom is -0.319 e. The molecule has 1 aromatic rings. The summed E-state index contributed by atoms with van der Waals surface area (Å²) in [5, 5.41) is 10.7. The third kappa shape index (κ3) is 12.4. The molecule has 15 heavy (non-hydrogen) atoms. The molecule has 0 aromatic heterocycles. The third-order valence-electron chi connectivity index (χ3n) is 1.21. The maximum absolute atomic E-state index is 9.19. The van der Waals surface area contributed by atoms with Gasteiger partial charge in [-0.3, -0.25) is 4.55 Å². The van der Waals surface area contributed by atoms with E-state index < -0.39 is 10.1 Å². The third-order valence-corrected chi connectivity index (χ3v) is 1.21. The summed E-state index contributed by atoms with van der Waals surface area (Å²) in [4.78, 5) is 0. The van der Waals surface area contributed by atoms with Crippen molar-refractivity contribution in [2.45, 2.75) is 6.54 Å². The van der Waals surface area contributed by atoms with Crippen molar-refractivity contribution < 1.29 is 13.0 Å². The summed E-state index contributed by atoms with van der Waals surface area (Å²) >= 11 is 0. The van der Waals surface area contributed by atoms with E-state index in [2.05, 4.69) is 5.32 Å². The Hall–Kier alpha value is -1.58. The van der Waals surface area contributed by atoms with Crippen LogP contribution in [0.4, 0.5) is 0 Å². The number of nitrogens with zero attached hydrogens (tertiary/aromatic N) is 1. The van der Waals surface area contributed by atoms with Gasteiger partial charge in [0.25, 0.3) is 10.1 Å². The molecule has 0 unspecified atom stereocenters. The van der Waals surface area contributed by atoms with Gasteiger partial charge in [-0.1, -0.05) is 30.3 Å². The standard InChI is InChI=1S/C8H8N2.CH4O3S/c9-7-10-6-8-4-2-1-3-5-8;1-5(2,3)4/h1-5,10H,6H2;1H3,(H,2,3,4). The van der Waals surface area contributed by atoms with E-state index in [0.29, 0.717) is 12.8 Å². The van der Waals surface area contributed by atoms with Crippen molar-refractivity contribution in [2.24, 2.45) is 0 Å². The predicted octanol–water partition coefficient (Wildman–Crippen LogP) is 0.761. The minimum absolute atomic E-state index is 0.622. The fraction of sp³-hybridized carbons (Fsp3) is 0.222. The molecule has 1 rings (SSSR count). The van der Waals surface area contributed by atoms with Crippen LogP contribution in [-0.2, 0) is 16.7 Å². The lowest BCUT2D eigenvalue weighted by molar-refractivity contribution is 0.490. The fourth-order valence-corrected chi connectivity index (χ4v) is 0.737. The summed E-state index contributed by atoms with van der Waals surface area (Å²) in [5.74, 6) is 0. The first-order valence-electron chi connectivity index (χ1n) is 4.02. The van der Waals surface area contributed by atoms with E-state index in [1.54, 1.807) is 0 Å². The topological polar surface area (TPSA) is 90.2 Å². The van der Waals surface area contributed by atoms with Gasteiger partial charge in [-0.25, -0.2) is 0 Å². The number of rotatable bonds is 2. The molecular weight excluding hydrogens is 216 g/mol. The van der Waals surface area contributed by atoms with E-state index in [1.807, 2.05) is 36.5 Å². The van der Waals surface area contributed by atoms with Crippen molar-refractivity contribution in [2.75, 3.05) is 6.26 Å². The Bertz CT molecular complexity index is 401. The average molecular weight is 228 g/mol. The maximum atomic E-state index is 9.19. The van der Waals surface area contributed by atoms with Crippen LogP contribution in [-0.4, -0.2) is 19.2 Å². The molecule has 0 radical (unpaired) electrons. The highest BCUT2D eigenvalue weighted by Gasteiger charge is 1.85. The molecule has 0 bridgehead atoms. The molecule has 0 aliphatic rings. The average Bonchev–Trinajstić information content (AvgIpc) is 2.14. The van der Waals surface area contributed by atoms with Crippen molar-refractivity contribution in [1.29, 1.82) is 5.26 Å². The zero-order valence-electron chi connectivity index (χ0n) is 8.21. The molecule has 82 valence electrons. The Morgan fingerprint density at radius 1 is 1.40 bits per heavy atom. The maximum Gasteiger partial charge on any atom is 0.261 e. The van der Waals surface area contributed by atoms with Gasteiger partial charge in [0.1, 0.15) is 0 Å². The quantitative estimate of drug-likeness (QED) is 0.443. The van der Waals surface area contributed by atoms with Crippen molar-refractivity contribution >= 4 is 10.1 Å². The van der Waals surface area contributed by atoms with Gasteiger partial charge in [0.15, 0.2) is 6.19 Å². The molecular formula is C9H12N2O3S. The summed E-state index contributed by atoms with van der Waals surface area (Å²) in [6.07, 6.45) is 2.58. The van der Waals surface area contributed by atoms with Crippen LogP contribution in [0.1, 0.15) is 5.56 Å². The van der Waals surface area contributed by atoms with Crippen molar-refractivity contribution in [3.63, 3.8) is 0 Å². The van der Waals surface area contributed by atoms with E-state index in [1.165, 1.54) is 0 Å². The highest BCUT2D eigenvalue weighted by atomic mass is 32.2.